The largest absolute Gasteiger partial charge is 0.0623 e. The molecule has 0 aliphatic carbocycles. The van der Waals surface area contributed by atoms with E-state index in [2.05, 4.69) is 27.7 Å². The lowest BCUT2D eigenvalue weighted by Crippen LogP contribution is -2.05. The number of hydrogen-bond acceptors (Lipinski definition) is 0. The Morgan fingerprint density at radius 1 is 1.11 bits per heavy atom. The van der Waals surface area contributed by atoms with Gasteiger partial charge in [-0.2, -0.15) is 0 Å². The van der Waals surface area contributed by atoms with Gasteiger partial charge >= 0.3 is 0 Å². The fraction of sp³-hybridized carbons (Fsp3) is 0.778. The van der Waals surface area contributed by atoms with E-state index in [4.69, 9.17) is 0 Å². The van der Waals surface area contributed by atoms with Crippen LogP contribution in [0.1, 0.15) is 33.1 Å². The van der Waals surface area contributed by atoms with Crippen LogP contribution < -0.4 is 0 Å². The molecule has 2 atom stereocenters. The van der Waals surface area contributed by atoms with Gasteiger partial charge in [0.15, 0.2) is 0 Å². The Hall–Kier alpha value is 0. The second kappa shape index (κ2) is 4.84. The summed E-state index contributed by atoms with van der Waals surface area (Å²) in [6, 6.07) is 0. The normalized spacial score (nSPS) is 17.3. The molecule has 0 saturated carbocycles. The molecule has 0 bridgehead atoms. The second-order valence-corrected chi connectivity index (χ2v) is 2.89. The summed E-state index contributed by atoms with van der Waals surface area (Å²) in [7, 11) is 0. The van der Waals surface area contributed by atoms with Crippen molar-refractivity contribution in [2.24, 2.45) is 11.8 Å². The molecule has 2 radical (unpaired) electrons. The molecule has 0 saturated heterocycles. The summed E-state index contributed by atoms with van der Waals surface area (Å²) in [4.78, 5) is 0. The van der Waals surface area contributed by atoms with E-state index in [1.54, 1.807) is 0 Å². The lowest BCUT2D eigenvalue weighted by Gasteiger charge is -2.16. The summed E-state index contributed by atoms with van der Waals surface area (Å²) >= 11 is 0. The van der Waals surface area contributed by atoms with Gasteiger partial charge in [-0.05, 0) is 11.8 Å². The monoisotopic (exact) mass is 126 g/mol. The van der Waals surface area contributed by atoms with Gasteiger partial charge in [0.2, 0.25) is 0 Å². The predicted octanol–water partition coefficient (Wildman–Crippen LogP) is 3.10. The van der Waals surface area contributed by atoms with Crippen LogP contribution in [0.2, 0.25) is 0 Å². The van der Waals surface area contributed by atoms with Crippen molar-refractivity contribution < 1.29 is 0 Å². The Morgan fingerprint density at radius 3 is 2.00 bits per heavy atom. The van der Waals surface area contributed by atoms with Gasteiger partial charge < -0.3 is 0 Å². The molecule has 0 nitrogen and oxygen atoms in total. The molecule has 0 heterocycles. The summed E-state index contributed by atoms with van der Waals surface area (Å²) in [5.74, 6) is 1.58. The van der Waals surface area contributed by atoms with E-state index in [1.165, 1.54) is 6.42 Å². The highest BCUT2D eigenvalue weighted by atomic mass is 14.1. The maximum Gasteiger partial charge on any atom is -0.0417 e. The first-order valence-electron chi connectivity index (χ1n) is 3.80. The van der Waals surface area contributed by atoms with Crippen molar-refractivity contribution in [1.82, 2.24) is 0 Å². The van der Waals surface area contributed by atoms with E-state index in [-0.39, 0.29) is 0 Å². The lowest BCUT2D eigenvalue weighted by molar-refractivity contribution is 0.368. The van der Waals surface area contributed by atoms with Crippen LogP contribution in [0.25, 0.3) is 0 Å². The number of rotatable bonds is 4. The first-order valence-corrected chi connectivity index (χ1v) is 3.80. The average Bonchev–Trinajstić information content (AvgIpc) is 1.87. The molecule has 0 fully saturated rings. The van der Waals surface area contributed by atoms with Gasteiger partial charge in [0.25, 0.3) is 0 Å². The third-order valence-corrected chi connectivity index (χ3v) is 2.09. The molecule has 0 aliphatic heterocycles. The molecule has 0 rings (SSSR count). The first-order chi connectivity index (χ1) is 4.22. The Kier molecular flexibility index (Phi) is 4.84. The van der Waals surface area contributed by atoms with Crippen molar-refractivity contribution in [2.75, 3.05) is 0 Å². The Morgan fingerprint density at radius 2 is 1.67 bits per heavy atom. The minimum atomic E-state index is 0.770. The summed E-state index contributed by atoms with van der Waals surface area (Å²) < 4.78 is 0. The Bertz CT molecular complexity index is 57.1. The lowest BCUT2D eigenvalue weighted by atomic mass is 9.90. The molecule has 9 heavy (non-hydrogen) atoms. The third-order valence-electron chi connectivity index (χ3n) is 2.09. The zero-order valence-electron chi connectivity index (χ0n) is 6.69. The fourth-order valence-electron chi connectivity index (χ4n) is 0.891. The summed E-state index contributed by atoms with van der Waals surface area (Å²) in [6.45, 7) is 12.2. The quantitative estimate of drug-likeness (QED) is 0.543. The fourth-order valence-corrected chi connectivity index (χ4v) is 0.891. The van der Waals surface area contributed by atoms with E-state index < -0.39 is 0 Å². The highest BCUT2D eigenvalue weighted by Gasteiger charge is 2.07. The maximum absolute atomic E-state index is 3.87. The van der Waals surface area contributed by atoms with Crippen LogP contribution in [0.5, 0.6) is 0 Å². The summed E-state index contributed by atoms with van der Waals surface area (Å²) in [5, 5.41) is 0. The first kappa shape index (κ1) is 9.00. The molecular weight excluding hydrogens is 108 g/mol. The van der Waals surface area contributed by atoms with Crippen molar-refractivity contribution in [2.45, 2.75) is 33.1 Å². The molecule has 0 aromatic carbocycles. The molecule has 0 aromatic rings. The zero-order chi connectivity index (χ0) is 7.28. The highest BCUT2D eigenvalue weighted by molar-refractivity contribution is 4.63. The zero-order valence-corrected chi connectivity index (χ0v) is 6.69. The van der Waals surface area contributed by atoms with E-state index in [0.717, 1.165) is 24.7 Å². The van der Waals surface area contributed by atoms with E-state index in [0.29, 0.717) is 0 Å². The summed E-state index contributed by atoms with van der Waals surface area (Å²) in [6.07, 6.45) is 3.36. The topological polar surface area (TPSA) is 0 Å². The van der Waals surface area contributed by atoms with Crippen LogP contribution in [-0.2, 0) is 0 Å². The van der Waals surface area contributed by atoms with Crippen molar-refractivity contribution in [3.63, 3.8) is 0 Å². The van der Waals surface area contributed by atoms with E-state index in [1.807, 2.05) is 0 Å². The molecule has 0 spiro atoms. The number of hydrogen-bond donors (Lipinski definition) is 0. The van der Waals surface area contributed by atoms with Gasteiger partial charge in [-0.15, -0.1) is 0 Å². The molecule has 0 heteroatoms. The smallest absolute Gasteiger partial charge is 0.0417 e. The van der Waals surface area contributed by atoms with Crippen molar-refractivity contribution in [3.8, 4) is 0 Å². The van der Waals surface area contributed by atoms with Crippen molar-refractivity contribution >= 4 is 0 Å². The minimum absolute atomic E-state index is 0.770. The van der Waals surface area contributed by atoms with E-state index in [9.17, 15) is 0 Å². The SMILES string of the molecule is [CH2]CCC(C)C(C)C[CH2]. The molecule has 54 valence electrons. The average molecular weight is 126 g/mol. The van der Waals surface area contributed by atoms with Crippen LogP contribution in [-0.4, -0.2) is 0 Å². The van der Waals surface area contributed by atoms with Crippen LogP contribution in [0.15, 0.2) is 0 Å². The van der Waals surface area contributed by atoms with Gasteiger partial charge in [-0.3, -0.25) is 0 Å². The molecule has 0 N–H and O–H groups in total. The maximum atomic E-state index is 3.87. The van der Waals surface area contributed by atoms with Gasteiger partial charge in [0.1, 0.15) is 0 Å². The summed E-state index contributed by atoms with van der Waals surface area (Å²) in [5.41, 5.74) is 0. The van der Waals surface area contributed by atoms with E-state index >= 15 is 0 Å². The minimum Gasteiger partial charge on any atom is -0.0623 e. The predicted molar refractivity (Wildman–Crippen MR) is 42.9 cm³/mol. The molecule has 2 unspecified atom stereocenters. The molecule has 0 aliphatic rings. The highest BCUT2D eigenvalue weighted by Crippen LogP contribution is 2.18. The van der Waals surface area contributed by atoms with Crippen LogP contribution in [0.4, 0.5) is 0 Å². The van der Waals surface area contributed by atoms with Crippen LogP contribution in [0.3, 0.4) is 0 Å². The van der Waals surface area contributed by atoms with Gasteiger partial charge in [0.05, 0.1) is 0 Å². The standard InChI is InChI=1S/C9H18/c1-5-7-9(4)8(3)6-2/h8-9H,1-2,5-7H2,3-4H3. The van der Waals surface area contributed by atoms with Crippen LogP contribution in [0, 0.1) is 25.7 Å². The Labute approximate surface area is 59.7 Å². The molecular formula is C9H18. The Balaban J connectivity index is 3.32. The van der Waals surface area contributed by atoms with Gasteiger partial charge in [-0.25, -0.2) is 0 Å². The molecule has 0 aromatic heterocycles. The van der Waals surface area contributed by atoms with Crippen molar-refractivity contribution in [3.05, 3.63) is 13.8 Å². The third kappa shape index (κ3) is 3.56. The van der Waals surface area contributed by atoms with Crippen LogP contribution >= 0.6 is 0 Å². The van der Waals surface area contributed by atoms with Crippen molar-refractivity contribution in [1.29, 1.82) is 0 Å². The van der Waals surface area contributed by atoms with Gasteiger partial charge in [-0.1, -0.05) is 47.0 Å². The van der Waals surface area contributed by atoms with Gasteiger partial charge in [0, 0.05) is 0 Å². The second-order valence-electron chi connectivity index (χ2n) is 2.89. The molecule has 0 amide bonds.